The minimum atomic E-state index is -0.231. The largest absolute Gasteiger partial charge is 0.493 e. The van der Waals surface area contributed by atoms with Crippen LogP contribution in [0, 0.1) is 11.7 Å². The molecule has 3 heteroatoms. The number of nitrogens with zero attached hydrogens (tertiary/aromatic N) is 1. The van der Waals surface area contributed by atoms with E-state index in [0.717, 1.165) is 18.8 Å². The second kappa shape index (κ2) is 3.75. The Kier molecular flexibility index (Phi) is 2.45. The number of ether oxygens (including phenoxy) is 1. The van der Waals surface area contributed by atoms with Gasteiger partial charge in [0.25, 0.3) is 0 Å². The molecule has 0 saturated carbocycles. The first-order valence-corrected chi connectivity index (χ1v) is 4.36. The van der Waals surface area contributed by atoms with E-state index in [-0.39, 0.29) is 5.82 Å². The molecule has 13 heavy (non-hydrogen) atoms. The van der Waals surface area contributed by atoms with Gasteiger partial charge in [0.2, 0.25) is 0 Å². The minimum absolute atomic E-state index is 0.231. The fourth-order valence-electron chi connectivity index (χ4n) is 1.16. The maximum absolute atomic E-state index is 12.5. The van der Waals surface area contributed by atoms with Gasteiger partial charge in [-0.3, -0.25) is 0 Å². The van der Waals surface area contributed by atoms with E-state index in [0.29, 0.717) is 12.5 Å². The molecule has 1 saturated heterocycles. The molecule has 1 fully saturated rings. The smallest absolute Gasteiger partial charge is 0.123 e. The highest BCUT2D eigenvalue weighted by Gasteiger charge is 2.18. The van der Waals surface area contributed by atoms with Crippen molar-refractivity contribution in [2.24, 2.45) is 5.92 Å². The van der Waals surface area contributed by atoms with Crippen molar-refractivity contribution in [1.29, 1.82) is 0 Å². The predicted molar refractivity (Wildman–Crippen MR) is 47.3 cm³/mol. The van der Waals surface area contributed by atoms with E-state index in [1.54, 1.807) is 12.1 Å². The molecule has 1 heterocycles. The lowest BCUT2D eigenvalue weighted by Crippen LogP contribution is -2.39. The Balaban J connectivity index is 1.83. The molecule has 2 nitrogen and oxygen atoms in total. The number of hydrogen-bond acceptors (Lipinski definition) is 1. The van der Waals surface area contributed by atoms with Gasteiger partial charge in [0.15, 0.2) is 0 Å². The van der Waals surface area contributed by atoms with E-state index in [1.165, 1.54) is 12.1 Å². The Bertz CT molecular complexity index is 269. The van der Waals surface area contributed by atoms with E-state index >= 15 is 0 Å². The SMILES string of the molecule is Fc1ccc(OCC2C[N]C2)cc1. The Hall–Kier alpha value is -1.09. The maximum atomic E-state index is 12.5. The second-order valence-corrected chi connectivity index (χ2v) is 3.22. The molecular weight excluding hydrogens is 169 g/mol. The molecular formula is C10H11FNO. The summed E-state index contributed by atoms with van der Waals surface area (Å²) in [6.45, 7) is 2.50. The lowest BCUT2D eigenvalue weighted by Gasteiger charge is -2.24. The number of hydrogen-bond donors (Lipinski definition) is 0. The van der Waals surface area contributed by atoms with Gasteiger partial charge in [-0.05, 0) is 24.3 Å². The van der Waals surface area contributed by atoms with E-state index in [9.17, 15) is 4.39 Å². The van der Waals surface area contributed by atoms with Gasteiger partial charge < -0.3 is 4.74 Å². The van der Waals surface area contributed by atoms with Gasteiger partial charge in [-0.1, -0.05) is 0 Å². The van der Waals surface area contributed by atoms with Crippen molar-refractivity contribution in [1.82, 2.24) is 5.32 Å². The van der Waals surface area contributed by atoms with Gasteiger partial charge in [-0.2, -0.15) is 0 Å². The standard InChI is InChI=1S/C10H11FNO/c11-9-1-3-10(4-2-9)13-7-8-5-12-6-8/h1-4,8H,5-7H2. The van der Waals surface area contributed by atoms with Gasteiger partial charge in [0.1, 0.15) is 11.6 Å². The Morgan fingerprint density at radius 2 is 2.00 bits per heavy atom. The van der Waals surface area contributed by atoms with Crippen molar-refractivity contribution in [3.63, 3.8) is 0 Å². The Morgan fingerprint density at radius 1 is 1.31 bits per heavy atom. The molecule has 0 aromatic heterocycles. The molecule has 2 rings (SSSR count). The van der Waals surface area contributed by atoms with Gasteiger partial charge in [-0.15, -0.1) is 0 Å². The Morgan fingerprint density at radius 3 is 2.54 bits per heavy atom. The summed E-state index contributed by atoms with van der Waals surface area (Å²) in [5.74, 6) is 1.06. The third-order valence-electron chi connectivity index (χ3n) is 2.07. The quantitative estimate of drug-likeness (QED) is 0.690. The highest BCUT2D eigenvalue weighted by atomic mass is 19.1. The van der Waals surface area contributed by atoms with E-state index in [1.807, 2.05) is 0 Å². The van der Waals surface area contributed by atoms with Crippen LogP contribution in [0.2, 0.25) is 0 Å². The molecule has 1 aliphatic heterocycles. The summed E-state index contributed by atoms with van der Waals surface area (Å²) in [7, 11) is 0. The molecule has 69 valence electrons. The van der Waals surface area contributed by atoms with Gasteiger partial charge in [0, 0.05) is 19.0 Å². The van der Waals surface area contributed by atoms with E-state index < -0.39 is 0 Å². The van der Waals surface area contributed by atoms with Crippen molar-refractivity contribution in [2.45, 2.75) is 0 Å². The van der Waals surface area contributed by atoms with Crippen LogP contribution in [0.4, 0.5) is 4.39 Å². The van der Waals surface area contributed by atoms with Crippen molar-refractivity contribution in [2.75, 3.05) is 19.7 Å². The fraction of sp³-hybridized carbons (Fsp3) is 0.400. The molecule has 0 bridgehead atoms. The average molecular weight is 180 g/mol. The average Bonchev–Trinajstić information content (AvgIpc) is 2.05. The van der Waals surface area contributed by atoms with E-state index in [4.69, 9.17) is 4.74 Å². The highest BCUT2D eigenvalue weighted by Crippen LogP contribution is 2.13. The summed E-state index contributed by atoms with van der Waals surface area (Å²) in [6, 6.07) is 6.09. The normalized spacial score (nSPS) is 16.7. The third-order valence-corrected chi connectivity index (χ3v) is 2.07. The molecule has 0 spiro atoms. The first-order chi connectivity index (χ1) is 6.34. The summed E-state index contributed by atoms with van der Waals surface area (Å²) in [5, 5.41) is 4.08. The summed E-state index contributed by atoms with van der Waals surface area (Å²) in [4.78, 5) is 0. The Labute approximate surface area is 76.7 Å². The molecule has 1 radical (unpaired) electrons. The van der Waals surface area contributed by atoms with Gasteiger partial charge >= 0.3 is 0 Å². The first-order valence-electron chi connectivity index (χ1n) is 4.36. The summed E-state index contributed by atoms with van der Waals surface area (Å²) in [5.41, 5.74) is 0. The van der Waals surface area contributed by atoms with Crippen molar-refractivity contribution < 1.29 is 9.13 Å². The van der Waals surface area contributed by atoms with Crippen LogP contribution in [0.15, 0.2) is 24.3 Å². The first kappa shape index (κ1) is 8.51. The van der Waals surface area contributed by atoms with Crippen LogP contribution in [0.25, 0.3) is 0 Å². The third kappa shape index (κ3) is 2.18. The zero-order chi connectivity index (χ0) is 9.10. The number of benzene rings is 1. The van der Waals surface area contributed by atoms with Crippen LogP contribution in [0.3, 0.4) is 0 Å². The van der Waals surface area contributed by atoms with Gasteiger partial charge in [-0.25, -0.2) is 9.71 Å². The molecule has 1 aliphatic rings. The van der Waals surface area contributed by atoms with Crippen LogP contribution < -0.4 is 10.1 Å². The molecule has 0 aliphatic carbocycles. The molecule has 0 N–H and O–H groups in total. The second-order valence-electron chi connectivity index (χ2n) is 3.22. The van der Waals surface area contributed by atoms with Crippen LogP contribution in [-0.2, 0) is 0 Å². The van der Waals surface area contributed by atoms with Crippen LogP contribution in [0.5, 0.6) is 5.75 Å². The zero-order valence-electron chi connectivity index (χ0n) is 7.24. The molecule has 1 aromatic rings. The van der Waals surface area contributed by atoms with E-state index in [2.05, 4.69) is 5.32 Å². The minimum Gasteiger partial charge on any atom is -0.493 e. The number of rotatable bonds is 3. The van der Waals surface area contributed by atoms with Crippen molar-refractivity contribution in [3.8, 4) is 5.75 Å². The topological polar surface area (TPSA) is 23.3 Å². The highest BCUT2D eigenvalue weighted by molar-refractivity contribution is 5.22. The molecule has 0 unspecified atom stereocenters. The van der Waals surface area contributed by atoms with Crippen LogP contribution >= 0.6 is 0 Å². The monoisotopic (exact) mass is 180 g/mol. The molecule has 0 amide bonds. The molecule has 0 atom stereocenters. The number of halogens is 1. The predicted octanol–water partition coefficient (Wildman–Crippen LogP) is 1.44. The summed E-state index contributed by atoms with van der Waals surface area (Å²) in [6.07, 6.45) is 0. The lowest BCUT2D eigenvalue weighted by molar-refractivity contribution is 0.195. The zero-order valence-corrected chi connectivity index (χ0v) is 7.24. The summed E-state index contributed by atoms with van der Waals surface area (Å²) >= 11 is 0. The fourth-order valence-corrected chi connectivity index (χ4v) is 1.16. The lowest BCUT2D eigenvalue weighted by atomic mass is 10.1. The van der Waals surface area contributed by atoms with Crippen molar-refractivity contribution in [3.05, 3.63) is 30.1 Å². The van der Waals surface area contributed by atoms with Crippen LogP contribution in [0.1, 0.15) is 0 Å². The maximum Gasteiger partial charge on any atom is 0.123 e. The van der Waals surface area contributed by atoms with Gasteiger partial charge in [0.05, 0.1) is 6.61 Å². The van der Waals surface area contributed by atoms with Crippen LogP contribution in [-0.4, -0.2) is 19.7 Å². The molecule has 1 aromatic carbocycles. The summed E-state index contributed by atoms with van der Waals surface area (Å²) < 4.78 is 17.9. The van der Waals surface area contributed by atoms with Crippen molar-refractivity contribution >= 4 is 0 Å².